The fourth-order valence-electron chi connectivity index (χ4n) is 3.91. The van der Waals surface area contributed by atoms with Gasteiger partial charge in [0.1, 0.15) is 5.82 Å². The zero-order valence-corrected chi connectivity index (χ0v) is 18.8. The molecule has 2 heterocycles. The quantitative estimate of drug-likeness (QED) is 0.548. The van der Waals surface area contributed by atoms with Gasteiger partial charge in [-0.25, -0.2) is 17.5 Å². The van der Waals surface area contributed by atoms with E-state index in [2.05, 4.69) is 9.71 Å². The summed E-state index contributed by atoms with van der Waals surface area (Å²) < 4.78 is 39.8. The summed E-state index contributed by atoms with van der Waals surface area (Å²) in [6, 6.07) is 12.3. The largest absolute Gasteiger partial charge is 0.361 e. The van der Waals surface area contributed by atoms with Gasteiger partial charge >= 0.3 is 0 Å². The van der Waals surface area contributed by atoms with Crippen LogP contribution in [0.2, 0.25) is 0 Å². The number of para-hydroxylation sites is 1. The van der Waals surface area contributed by atoms with Crippen LogP contribution < -0.4 is 4.72 Å². The zero-order chi connectivity index (χ0) is 23.4. The molecule has 2 N–H and O–H groups in total. The second-order valence-electron chi connectivity index (χ2n) is 7.90. The van der Waals surface area contributed by atoms with Crippen LogP contribution in [0, 0.1) is 5.82 Å². The van der Waals surface area contributed by atoms with Gasteiger partial charge in [-0.3, -0.25) is 9.59 Å². The average Bonchev–Trinajstić information content (AvgIpc) is 3.22. The molecular formula is C23H25FN4O4S. The molecule has 2 aromatic carbocycles. The van der Waals surface area contributed by atoms with Crippen molar-refractivity contribution in [1.82, 2.24) is 19.5 Å². The smallest absolute Gasteiger partial charge is 0.240 e. The Kier molecular flexibility index (Phi) is 6.75. The van der Waals surface area contributed by atoms with Crippen molar-refractivity contribution in [2.24, 2.45) is 0 Å². The lowest BCUT2D eigenvalue weighted by atomic mass is 10.1. The van der Waals surface area contributed by atoms with Crippen LogP contribution in [0.15, 0.2) is 59.6 Å². The molecule has 1 saturated heterocycles. The highest BCUT2D eigenvalue weighted by atomic mass is 32.2. The first-order valence-electron chi connectivity index (χ1n) is 10.7. The number of rotatable bonds is 7. The molecule has 0 bridgehead atoms. The number of sulfonamides is 1. The number of amides is 2. The molecule has 0 radical (unpaired) electrons. The Morgan fingerprint density at radius 1 is 0.939 bits per heavy atom. The zero-order valence-electron chi connectivity index (χ0n) is 18.0. The molecule has 1 aliphatic heterocycles. The summed E-state index contributed by atoms with van der Waals surface area (Å²) in [5.74, 6) is -0.692. The van der Waals surface area contributed by atoms with Gasteiger partial charge in [-0.2, -0.15) is 0 Å². The molecule has 1 aliphatic rings. The Hall–Kier alpha value is -3.24. The summed E-state index contributed by atoms with van der Waals surface area (Å²) in [6.07, 6.45) is 2.15. The molecule has 0 saturated carbocycles. The molecule has 0 atom stereocenters. The lowest BCUT2D eigenvalue weighted by molar-refractivity contribution is -0.139. The number of hydrogen-bond acceptors (Lipinski definition) is 4. The first-order valence-corrected chi connectivity index (χ1v) is 12.2. The SMILES string of the molecule is O=C(CCNS(=O)(=O)c1ccc(F)cc1)N1CCN(C(=O)Cc2c[nH]c3ccccc23)CC1. The van der Waals surface area contributed by atoms with Gasteiger partial charge in [0.15, 0.2) is 0 Å². The summed E-state index contributed by atoms with van der Waals surface area (Å²) in [5.41, 5.74) is 1.94. The van der Waals surface area contributed by atoms with Gasteiger partial charge < -0.3 is 14.8 Å². The predicted molar refractivity (Wildman–Crippen MR) is 121 cm³/mol. The maximum atomic E-state index is 13.0. The number of fused-ring (bicyclic) bond motifs is 1. The van der Waals surface area contributed by atoms with Crippen LogP contribution in [0.5, 0.6) is 0 Å². The fraction of sp³-hybridized carbons (Fsp3) is 0.304. The first-order chi connectivity index (χ1) is 15.8. The lowest BCUT2D eigenvalue weighted by Crippen LogP contribution is -2.51. The molecule has 0 aliphatic carbocycles. The van der Waals surface area contributed by atoms with E-state index in [1.807, 2.05) is 30.5 Å². The Labute approximate surface area is 191 Å². The van der Waals surface area contributed by atoms with E-state index >= 15 is 0 Å². The minimum absolute atomic E-state index is 0.00368. The van der Waals surface area contributed by atoms with Crippen LogP contribution in [0.25, 0.3) is 10.9 Å². The number of carbonyl (C=O) groups is 2. The molecule has 4 rings (SSSR count). The van der Waals surface area contributed by atoms with Crippen LogP contribution >= 0.6 is 0 Å². The summed E-state index contributed by atoms with van der Waals surface area (Å²) in [5, 5.41) is 1.03. The molecule has 8 nitrogen and oxygen atoms in total. The number of aromatic nitrogens is 1. The van der Waals surface area contributed by atoms with Gasteiger partial charge in [0.2, 0.25) is 21.8 Å². The highest BCUT2D eigenvalue weighted by molar-refractivity contribution is 7.89. The molecular weight excluding hydrogens is 447 g/mol. The van der Waals surface area contributed by atoms with Crippen LogP contribution in [0.3, 0.4) is 0 Å². The minimum Gasteiger partial charge on any atom is -0.361 e. The summed E-state index contributed by atoms with van der Waals surface area (Å²) in [7, 11) is -3.81. The number of H-pyrrole nitrogens is 1. The maximum absolute atomic E-state index is 13.0. The number of nitrogens with one attached hydrogen (secondary N) is 2. The van der Waals surface area contributed by atoms with Crippen molar-refractivity contribution >= 4 is 32.7 Å². The average molecular weight is 473 g/mol. The fourth-order valence-corrected chi connectivity index (χ4v) is 4.94. The summed E-state index contributed by atoms with van der Waals surface area (Å²) >= 11 is 0. The van der Waals surface area contributed by atoms with E-state index in [1.54, 1.807) is 9.80 Å². The highest BCUT2D eigenvalue weighted by Gasteiger charge is 2.25. The van der Waals surface area contributed by atoms with Crippen molar-refractivity contribution in [2.45, 2.75) is 17.7 Å². The molecule has 10 heteroatoms. The van der Waals surface area contributed by atoms with Gasteiger partial charge in [0, 0.05) is 56.2 Å². The van der Waals surface area contributed by atoms with Gasteiger partial charge in [0.25, 0.3) is 0 Å². The third kappa shape index (κ3) is 5.40. The molecule has 174 valence electrons. The predicted octanol–water partition coefficient (Wildman–Crippen LogP) is 1.89. The molecule has 0 spiro atoms. The van der Waals surface area contributed by atoms with Crippen molar-refractivity contribution in [3.05, 3.63) is 66.1 Å². The minimum atomic E-state index is -3.81. The highest BCUT2D eigenvalue weighted by Crippen LogP contribution is 2.19. The van der Waals surface area contributed by atoms with Crippen molar-refractivity contribution in [3.8, 4) is 0 Å². The van der Waals surface area contributed by atoms with Gasteiger partial charge in [0.05, 0.1) is 11.3 Å². The van der Waals surface area contributed by atoms with Crippen LogP contribution in [0.1, 0.15) is 12.0 Å². The lowest BCUT2D eigenvalue weighted by Gasteiger charge is -2.35. The molecule has 33 heavy (non-hydrogen) atoms. The van der Waals surface area contributed by atoms with E-state index in [0.29, 0.717) is 32.6 Å². The van der Waals surface area contributed by atoms with Gasteiger partial charge in [-0.15, -0.1) is 0 Å². The van der Waals surface area contributed by atoms with Crippen LogP contribution in [-0.2, 0) is 26.0 Å². The number of benzene rings is 2. The Morgan fingerprint density at radius 3 is 2.27 bits per heavy atom. The molecule has 1 fully saturated rings. The molecule has 2 amide bonds. The monoisotopic (exact) mass is 472 g/mol. The van der Waals surface area contributed by atoms with Gasteiger partial charge in [-0.05, 0) is 35.9 Å². The molecule has 1 aromatic heterocycles. The van der Waals surface area contributed by atoms with E-state index in [1.165, 1.54) is 12.1 Å². The maximum Gasteiger partial charge on any atom is 0.240 e. The molecule has 3 aromatic rings. The van der Waals surface area contributed by atoms with E-state index in [9.17, 15) is 22.4 Å². The Bertz CT molecular complexity index is 1250. The van der Waals surface area contributed by atoms with Crippen molar-refractivity contribution in [3.63, 3.8) is 0 Å². The van der Waals surface area contributed by atoms with Crippen LogP contribution in [-0.4, -0.2) is 67.7 Å². The van der Waals surface area contributed by atoms with Crippen molar-refractivity contribution in [2.75, 3.05) is 32.7 Å². The van der Waals surface area contributed by atoms with E-state index in [4.69, 9.17) is 0 Å². The Balaban J connectivity index is 1.23. The summed E-state index contributed by atoms with van der Waals surface area (Å²) in [4.78, 5) is 31.7. The number of hydrogen-bond donors (Lipinski definition) is 2. The number of carbonyl (C=O) groups excluding carboxylic acids is 2. The van der Waals surface area contributed by atoms with Crippen molar-refractivity contribution in [1.29, 1.82) is 0 Å². The number of halogens is 1. The van der Waals surface area contributed by atoms with Crippen molar-refractivity contribution < 1.29 is 22.4 Å². The number of nitrogens with zero attached hydrogens (tertiary/aromatic N) is 2. The second kappa shape index (κ2) is 9.72. The normalized spacial score (nSPS) is 14.6. The standard InChI is InChI=1S/C23H25FN4O4S/c24-18-5-7-19(8-6-18)33(31,32)26-10-9-22(29)27-11-13-28(14-12-27)23(30)15-17-16-25-21-4-2-1-3-20(17)21/h1-8,16,25-26H,9-15H2. The second-order valence-corrected chi connectivity index (χ2v) is 9.67. The summed E-state index contributed by atoms with van der Waals surface area (Å²) in [6.45, 7) is 1.63. The molecule has 0 unspecified atom stereocenters. The third-order valence-electron chi connectivity index (χ3n) is 5.76. The number of piperazine rings is 1. The van der Waals surface area contributed by atoms with Crippen LogP contribution in [0.4, 0.5) is 4.39 Å². The van der Waals surface area contributed by atoms with E-state index in [0.717, 1.165) is 28.6 Å². The third-order valence-corrected chi connectivity index (χ3v) is 7.23. The van der Waals surface area contributed by atoms with Gasteiger partial charge in [-0.1, -0.05) is 18.2 Å². The van der Waals surface area contributed by atoms with E-state index < -0.39 is 15.8 Å². The van der Waals surface area contributed by atoms with E-state index in [-0.39, 0.29) is 29.7 Å². The topological polar surface area (TPSA) is 103 Å². The Morgan fingerprint density at radius 2 is 1.58 bits per heavy atom. The number of aromatic amines is 1. The first kappa shape index (κ1) is 22.9.